The van der Waals surface area contributed by atoms with Crippen molar-refractivity contribution in [3.8, 4) is 0 Å². The molecule has 0 saturated carbocycles. The number of hydrogen-bond donors (Lipinski definition) is 2. The Hall–Kier alpha value is -2.09. The van der Waals surface area contributed by atoms with E-state index in [1.807, 2.05) is 0 Å². The third kappa shape index (κ3) is 2.36. The van der Waals surface area contributed by atoms with Crippen LogP contribution in [0.25, 0.3) is 0 Å². The van der Waals surface area contributed by atoms with Gasteiger partial charge in [0.05, 0.1) is 12.0 Å². The molecule has 0 spiro atoms. The third-order valence-electron chi connectivity index (χ3n) is 2.03. The molecule has 0 aliphatic carbocycles. The number of imidazole rings is 1. The molecule has 2 rings (SSSR count). The number of nitrogens with one attached hydrogen (secondary N) is 1. The smallest absolute Gasteiger partial charge is 0.282 e. The van der Waals surface area contributed by atoms with Gasteiger partial charge < -0.3 is 10.3 Å². The summed E-state index contributed by atoms with van der Waals surface area (Å²) in [5.74, 6) is 0.0955. The molecule has 0 aliphatic heterocycles. The first-order valence-electron chi connectivity index (χ1n) is 4.70. The number of rotatable bonds is 3. The fourth-order valence-corrected chi connectivity index (χ4v) is 2.23. The zero-order chi connectivity index (χ0) is 12.5. The van der Waals surface area contributed by atoms with Crippen LogP contribution < -0.4 is 10.5 Å². The highest BCUT2D eigenvalue weighted by molar-refractivity contribution is 7.92. The zero-order valence-corrected chi connectivity index (χ0v) is 9.85. The summed E-state index contributed by atoms with van der Waals surface area (Å²) < 4.78 is 27.6. The minimum Gasteiger partial charge on any atom is -0.396 e. The van der Waals surface area contributed by atoms with Gasteiger partial charge in [-0.2, -0.15) is 8.42 Å². The van der Waals surface area contributed by atoms with Crippen molar-refractivity contribution in [3.63, 3.8) is 0 Å². The second kappa shape index (κ2) is 4.06. The van der Waals surface area contributed by atoms with E-state index in [4.69, 9.17) is 5.73 Å². The number of aromatic nitrogens is 3. The van der Waals surface area contributed by atoms with E-state index in [1.54, 1.807) is 19.2 Å². The fourth-order valence-electron chi connectivity index (χ4n) is 1.21. The highest BCUT2D eigenvalue weighted by atomic mass is 32.2. The number of pyridine rings is 1. The SMILES string of the molecule is Cn1cnc(S(=O)(=O)Nc2ncccc2N)c1. The van der Waals surface area contributed by atoms with Crippen LogP contribution in [0.1, 0.15) is 0 Å². The van der Waals surface area contributed by atoms with Gasteiger partial charge in [-0.1, -0.05) is 0 Å². The molecule has 2 aromatic heterocycles. The van der Waals surface area contributed by atoms with Crippen molar-refractivity contribution in [2.45, 2.75) is 5.03 Å². The summed E-state index contributed by atoms with van der Waals surface area (Å²) in [6.07, 6.45) is 4.24. The van der Waals surface area contributed by atoms with Gasteiger partial charge in [0.2, 0.25) is 0 Å². The van der Waals surface area contributed by atoms with E-state index in [0.29, 0.717) is 0 Å². The monoisotopic (exact) mass is 253 g/mol. The van der Waals surface area contributed by atoms with Gasteiger partial charge in [0.25, 0.3) is 10.0 Å². The molecule has 0 saturated heterocycles. The second-order valence-corrected chi connectivity index (χ2v) is 5.05. The first kappa shape index (κ1) is 11.4. The van der Waals surface area contributed by atoms with Crippen molar-refractivity contribution in [2.24, 2.45) is 7.05 Å². The Morgan fingerprint density at radius 1 is 1.41 bits per heavy atom. The summed E-state index contributed by atoms with van der Waals surface area (Å²) in [6.45, 7) is 0. The van der Waals surface area contributed by atoms with Crippen LogP contribution in [0.3, 0.4) is 0 Å². The summed E-state index contributed by atoms with van der Waals surface area (Å²) in [4.78, 5) is 7.60. The van der Waals surface area contributed by atoms with E-state index >= 15 is 0 Å². The highest BCUT2D eigenvalue weighted by Gasteiger charge is 2.18. The van der Waals surface area contributed by atoms with E-state index in [9.17, 15) is 8.42 Å². The van der Waals surface area contributed by atoms with Crippen LogP contribution in [0.5, 0.6) is 0 Å². The fraction of sp³-hybridized carbons (Fsp3) is 0.111. The molecule has 2 heterocycles. The lowest BCUT2D eigenvalue weighted by Gasteiger charge is -2.06. The molecule has 2 aromatic rings. The summed E-state index contributed by atoms with van der Waals surface area (Å²) in [7, 11) is -2.06. The summed E-state index contributed by atoms with van der Waals surface area (Å²) in [6, 6.07) is 3.18. The average Bonchev–Trinajstić information content (AvgIpc) is 2.69. The highest BCUT2D eigenvalue weighted by Crippen LogP contribution is 2.17. The molecule has 0 fully saturated rings. The first-order chi connectivity index (χ1) is 7.99. The molecular formula is C9H11N5O2S. The van der Waals surface area contributed by atoms with Crippen molar-refractivity contribution in [1.82, 2.24) is 14.5 Å². The molecule has 7 nitrogen and oxygen atoms in total. The number of aryl methyl sites for hydroxylation is 1. The third-order valence-corrected chi connectivity index (χ3v) is 3.25. The maximum Gasteiger partial charge on any atom is 0.282 e. The number of hydrogen-bond acceptors (Lipinski definition) is 5. The van der Waals surface area contributed by atoms with E-state index in [0.717, 1.165) is 0 Å². The maximum absolute atomic E-state index is 11.9. The molecule has 3 N–H and O–H groups in total. The lowest BCUT2D eigenvalue weighted by atomic mass is 10.4. The van der Waals surface area contributed by atoms with Crippen molar-refractivity contribution in [2.75, 3.05) is 10.5 Å². The van der Waals surface area contributed by atoms with E-state index < -0.39 is 10.0 Å². The standard InChI is InChI=1S/C9H11N5O2S/c1-14-5-8(12-6-14)17(15,16)13-9-7(10)3-2-4-11-9/h2-6H,10H2,1H3,(H,11,13). The maximum atomic E-state index is 11.9. The number of anilines is 2. The Morgan fingerprint density at radius 3 is 2.76 bits per heavy atom. The predicted molar refractivity (Wildman–Crippen MR) is 62.7 cm³/mol. The van der Waals surface area contributed by atoms with Crippen molar-refractivity contribution in [1.29, 1.82) is 0 Å². The molecule has 8 heteroatoms. The molecule has 0 aliphatic rings. The second-order valence-electron chi connectivity index (χ2n) is 3.42. The molecule has 0 radical (unpaired) electrons. The van der Waals surface area contributed by atoms with Crippen LogP contribution in [0.15, 0.2) is 35.9 Å². The van der Waals surface area contributed by atoms with Crippen LogP contribution >= 0.6 is 0 Å². The van der Waals surface area contributed by atoms with Gasteiger partial charge in [0.15, 0.2) is 10.8 Å². The van der Waals surface area contributed by atoms with Crippen LogP contribution in [-0.4, -0.2) is 23.0 Å². The molecule has 0 atom stereocenters. The number of nitrogen functional groups attached to an aromatic ring is 1. The molecule has 0 aromatic carbocycles. The van der Waals surface area contributed by atoms with Gasteiger partial charge in [-0.05, 0) is 12.1 Å². The van der Waals surface area contributed by atoms with Crippen LogP contribution in [0.4, 0.5) is 11.5 Å². The predicted octanol–water partition coefficient (Wildman–Crippen LogP) is 0.198. The Morgan fingerprint density at radius 2 is 2.18 bits per heavy atom. The largest absolute Gasteiger partial charge is 0.396 e. The van der Waals surface area contributed by atoms with Gasteiger partial charge in [-0.25, -0.2) is 9.97 Å². The molecular weight excluding hydrogens is 242 g/mol. The molecule has 90 valence electrons. The lowest BCUT2D eigenvalue weighted by molar-refractivity contribution is 0.598. The Labute approximate surface area is 98.4 Å². The topological polar surface area (TPSA) is 103 Å². The van der Waals surface area contributed by atoms with Crippen molar-refractivity contribution < 1.29 is 8.42 Å². The van der Waals surface area contributed by atoms with Crippen molar-refractivity contribution >= 4 is 21.5 Å². The summed E-state index contributed by atoms with van der Waals surface area (Å²) in [5.41, 5.74) is 5.85. The Bertz CT molecular complexity index is 634. The quantitative estimate of drug-likeness (QED) is 0.813. The minimum atomic E-state index is -3.74. The van der Waals surface area contributed by atoms with Crippen LogP contribution in [0, 0.1) is 0 Å². The Balaban J connectivity index is 2.33. The molecule has 0 bridgehead atoms. The zero-order valence-electron chi connectivity index (χ0n) is 9.03. The number of nitrogens with two attached hydrogens (primary N) is 1. The van der Waals surface area contributed by atoms with E-state index in [1.165, 1.54) is 23.3 Å². The minimum absolute atomic E-state index is 0.0787. The van der Waals surface area contributed by atoms with Gasteiger partial charge in [0.1, 0.15) is 0 Å². The normalized spacial score (nSPS) is 11.4. The van der Waals surface area contributed by atoms with Gasteiger partial charge in [0, 0.05) is 19.4 Å². The first-order valence-corrected chi connectivity index (χ1v) is 6.18. The van der Waals surface area contributed by atoms with Crippen LogP contribution in [-0.2, 0) is 17.1 Å². The lowest BCUT2D eigenvalue weighted by Crippen LogP contribution is -2.15. The molecule has 17 heavy (non-hydrogen) atoms. The van der Waals surface area contributed by atoms with Crippen molar-refractivity contribution in [3.05, 3.63) is 30.9 Å². The number of sulfonamides is 1. The van der Waals surface area contributed by atoms with Crippen LogP contribution in [0.2, 0.25) is 0 Å². The summed E-state index contributed by atoms with van der Waals surface area (Å²) >= 11 is 0. The molecule has 0 unspecified atom stereocenters. The average molecular weight is 253 g/mol. The summed E-state index contributed by atoms with van der Waals surface area (Å²) in [5, 5.41) is -0.0787. The molecule has 0 amide bonds. The van der Waals surface area contributed by atoms with E-state index in [-0.39, 0.29) is 16.5 Å². The van der Waals surface area contributed by atoms with Gasteiger partial charge in [-0.3, -0.25) is 4.72 Å². The Kier molecular flexibility index (Phi) is 2.72. The van der Waals surface area contributed by atoms with Gasteiger partial charge in [-0.15, -0.1) is 0 Å². The number of nitrogens with zero attached hydrogens (tertiary/aromatic N) is 3. The van der Waals surface area contributed by atoms with Gasteiger partial charge >= 0.3 is 0 Å². The van der Waals surface area contributed by atoms with E-state index in [2.05, 4.69) is 14.7 Å².